The van der Waals surface area contributed by atoms with Gasteiger partial charge in [0.15, 0.2) is 0 Å². The molecule has 4 aliphatic rings. The lowest BCUT2D eigenvalue weighted by Crippen LogP contribution is -2.63. The number of furan rings is 1. The number of nitrogens with zero attached hydrogens (tertiary/aromatic N) is 2. The molecule has 4 heteroatoms. The topological polar surface area (TPSA) is 19.6 Å². The first-order valence-electron chi connectivity index (χ1n) is 23.5. The molecule has 4 heterocycles. The summed E-state index contributed by atoms with van der Waals surface area (Å²) < 4.78 is 6.81. The third-order valence-corrected chi connectivity index (χ3v) is 15.6. The van der Waals surface area contributed by atoms with Gasteiger partial charge in [-0.2, -0.15) is 0 Å². The molecule has 0 bridgehead atoms. The van der Waals surface area contributed by atoms with Crippen molar-refractivity contribution < 1.29 is 4.42 Å². The molecule has 0 N–H and O–H groups in total. The van der Waals surface area contributed by atoms with Gasteiger partial charge in [-0.05, 0) is 114 Å². The molecule has 0 saturated carbocycles. The normalized spacial score (nSPS) is 15.5. The Morgan fingerprint density at radius 1 is 0.515 bits per heavy atom. The smallest absolute Gasteiger partial charge is 0.333 e. The van der Waals surface area contributed by atoms with Gasteiger partial charge in [0.05, 0.1) is 11.1 Å². The molecule has 0 atom stereocenters. The zero-order valence-electron chi connectivity index (χ0n) is 37.9. The van der Waals surface area contributed by atoms with Gasteiger partial charge in [-0.1, -0.05) is 186 Å². The molecule has 9 aromatic carbocycles. The maximum Gasteiger partial charge on any atom is 0.333 e. The fourth-order valence-corrected chi connectivity index (χ4v) is 12.9. The Morgan fingerprint density at radius 3 is 1.91 bits per heavy atom. The van der Waals surface area contributed by atoms with Gasteiger partial charge in [0.2, 0.25) is 0 Å². The lowest BCUT2D eigenvalue weighted by atomic mass is 9.41. The third kappa shape index (κ3) is 4.69. The minimum atomic E-state index is -0.597. The van der Waals surface area contributed by atoms with E-state index < -0.39 is 5.41 Å². The average Bonchev–Trinajstić information content (AvgIpc) is 3.84. The molecule has 0 amide bonds. The van der Waals surface area contributed by atoms with Crippen molar-refractivity contribution in [2.45, 2.75) is 50.9 Å². The number of benzene rings is 9. The minimum Gasteiger partial charge on any atom is -0.456 e. The van der Waals surface area contributed by atoms with Gasteiger partial charge >= 0.3 is 6.85 Å². The second-order valence-corrected chi connectivity index (χ2v) is 20.4. The van der Waals surface area contributed by atoms with E-state index in [0.29, 0.717) is 0 Å². The van der Waals surface area contributed by atoms with E-state index in [1.54, 1.807) is 0 Å². The Labute approximate surface area is 386 Å². The molecule has 0 radical (unpaired) electrons. The van der Waals surface area contributed by atoms with Gasteiger partial charge in [0.25, 0.3) is 0 Å². The Balaban J connectivity index is 1.20. The number of fused-ring (bicyclic) bond motifs is 14. The van der Waals surface area contributed by atoms with Gasteiger partial charge < -0.3 is 14.1 Å². The number of anilines is 5. The summed E-state index contributed by atoms with van der Waals surface area (Å²) in [6.07, 6.45) is 0. The highest BCUT2D eigenvalue weighted by Crippen LogP contribution is 2.63. The molecular weight excluding hydrogens is 800 g/mol. The maximum atomic E-state index is 6.81. The van der Waals surface area contributed by atoms with E-state index >= 15 is 0 Å². The molecule has 14 rings (SSSR count). The van der Waals surface area contributed by atoms with Crippen LogP contribution in [0.15, 0.2) is 199 Å². The third-order valence-electron chi connectivity index (χ3n) is 15.6. The zero-order valence-corrected chi connectivity index (χ0v) is 37.9. The summed E-state index contributed by atoms with van der Waals surface area (Å²) in [4.78, 5) is 5.34. The van der Waals surface area contributed by atoms with E-state index in [1.165, 1.54) is 106 Å². The van der Waals surface area contributed by atoms with Crippen molar-refractivity contribution in [3.8, 4) is 22.3 Å². The molecule has 314 valence electrons. The van der Waals surface area contributed by atoms with Crippen LogP contribution in [0.5, 0.6) is 0 Å². The summed E-state index contributed by atoms with van der Waals surface area (Å²) in [5.74, 6) is 0. The lowest BCUT2D eigenvalue weighted by Gasteiger charge is -2.52. The van der Waals surface area contributed by atoms with Crippen molar-refractivity contribution in [2.75, 3.05) is 9.71 Å². The monoisotopic (exact) mass is 846 g/mol. The SMILES string of the molecule is CC(C)(C)c1ccc(N2B3c4cccc5c4N(c4ccccc4C5(c4ccccc4)c4ccccc4)c4cc5c(c(c43)-c3c2ccc2oc4ccccc4c32)C(C)(C)c2ccccc2-5)cc1. The Kier molecular flexibility index (Phi) is 7.47. The standard InChI is InChI=1S/C62H47BN2O/c1-60(2,3)38-31-33-41(34-32-38)65-50-35-36-53-54(43-24-13-17-30-52(43)66-53)55(50)56-57-44(42-23-12-14-25-45(42)61(57,4)5)37-51-58(56)63(65)48-28-18-27-47-59(48)64(51)49-29-16-15-26-46(49)62(47,39-19-8-6-9-20-39)40-21-10-7-11-22-40/h6-37H,1-5H3. The van der Waals surface area contributed by atoms with Crippen molar-refractivity contribution in [1.82, 2.24) is 0 Å². The second-order valence-electron chi connectivity index (χ2n) is 20.4. The van der Waals surface area contributed by atoms with Gasteiger partial charge in [-0.25, -0.2) is 0 Å². The van der Waals surface area contributed by atoms with Crippen molar-refractivity contribution in [3.63, 3.8) is 0 Å². The average molecular weight is 847 g/mol. The molecule has 0 spiro atoms. The van der Waals surface area contributed by atoms with Crippen LogP contribution < -0.4 is 20.6 Å². The number of hydrogen-bond donors (Lipinski definition) is 0. The maximum absolute atomic E-state index is 6.81. The summed E-state index contributed by atoms with van der Waals surface area (Å²) in [5, 5.41) is 2.31. The van der Waals surface area contributed by atoms with E-state index in [1.807, 2.05) is 0 Å². The largest absolute Gasteiger partial charge is 0.456 e. The molecular formula is C62H47BN2O. The molecule has 0 fully saturated rings. The van der Waals surface area contributed by atoms with Crippen molar-refractivity contribution in [3.05, 3.63) is 233 Å². The molecule has 1 aromatic heterocycles. The minimum absolute atomic E-state index is 0.0105. The summed E-state index contributed by atoms with van der Waals surface area (Å²) in [6.45, 7) is 11.6. The highest BCUT2D eigenvalue weighted by molar-refractivity contribution is 6.94. The van der Waals surface area contributed by atoms with Gasteiger partial charge in [-0.3, -0.25) is 0 Å². The van der Waals surface area contributed by atoms with E-state index in [0.717, 1.165) is 16.6 Å². The van der Waals surface area contributed by atoms with Crippen LogP contribution in [0.2, 0.25) is 0 Å². The molecule has 0 saturated heterocycles. The molecule has 66 heavy (non-hydrogen) atoms. The van der Waals surface area contributed by atoms with Crippen LogP contribution >= 0.6 is 0 Å². The highest BCUT2D eigenvalue weighted by atomic mass is 16.3. The van der Waals surface area contributed by atoms with Gasteiger partial charge in [0.1, 0.15) is 11.2 Å². The first-order valence-corrected chi connectivity index (χ1v) is 23.5. The van der Waals surface area contributed by atoms with Gasteiger partial charge in [0, 0.05) is 44.5 Å². The first kappa shape index (κ1) is 37.8. The van der Waals surface area contributed by atoms with Crippen molar-refractivity contribution in [2.24, 2.45) is 0 Å². The van der Waals surface area contributed by atoms with E-state index in [4.69, 9.17) is 4.42 Å². The van der Waals surface area contributed by atoms with E-state index in [-0.39, 0.29) is 17.7 Å². The predicted molar refractivity (Wildman–Crippen MR) is 276 cm³/mol. The highest BCUT2D eigenvalue weighted by Gasteiger charge is 2.55. The van der Waals surface area contributed by atoms with Crippen LogP contribution in [-0.4, -0.2) is 6.85 Å². The van der Waals surface area contributed by atoms with Crippen LogP contribution in [0.3, 0.4) is 0 Å². The number of para-hydroxylation sites is 3. The molecule has 3 nitrogen and oxygen atoms in total. The van der Waals surface area contributed by atoms with Crippen LogP contribution in [0, 0.1) is 0 Å². The van der Waals surface area contributed by atoms with Crippen molar-refractivity contribution in [1.29, 1.82) is 0 Å². The van der Waals surface area contributed by atoms with Crippen LogP contribution in [0.1, 0.15) is 73.6 Å². The van der Waals surface area contributed by atoms with Crippen LogP contribution in [0.25, 0.3) is 44.2 Å². The van der Waals surface area contributed by atoms with Crippen molar-refractivity contribution >= 4 is 68.1 Å². The molecule has 3 aliphatic heterocycles. The zero-order chi connectivity index (χ0) is 44.3. The number of rotatable bonds is 3. The summed E-state index contributed by atoms with van der Waals surface area (Å²) in [6, 6.07) is 73.2. The summed E-state index contributed by atoms with van der Waals surface area (Å²) in [5.41, 5.74) is 24.0. The first-order chi connectivity index (χ1) is 32.2. The van der Waals surface area contributed by atoms with E-state index in [2.05, 4.69) is 238 Å². The van der Waals surface area contributed by atoms with Crippen LogP contribution in [-0.2, 0) is 16.2 Å². The molecule has 0 unspecified atom stereocenters. The Morgan fingerprint density at radius 2 is 1.17 bits per heavy atom. The fourth-order valence-electron chi connectivity index (χ4n) is 12.9. The molecule has 1 aliphatic carbocycles. The second kappa shape index (κ2) is 13.0. The Hall–Kier alpha value is -7.56. The summed E-state index contributed by atoms with van der Waals surface area (Å²) >= 11 is 0. The van der Waals surface area contributed by atoms with Gasteiger partial charge in [-0.15, -0.1) is 0 Å². The predicted octanol–water partition coefficient (Wildman–Crippen LogP) is 14.6. The quantitative estimate of drug-likeness (QED) is 0.165. The lowest BCUT2D eigenvalue weighted by molar-refractivity contribution is 0.590. The number of hydrogen-bond acceptors (Lipinski definition) is 3. The van der Waals surface area contributed by atoms with E-state index in [9.17, 15) is 0 Å². The van der Waals surface area contributed by atoms with Crippen LogP contribution in [0.4, 0.5) is 28.4 Å². The Bertz CT molecular complexity index is 3630. The summed E-state index contributed by atoms with van der Waals surface area (Å²) in [7, 11) is 0. The molecule has 10 aromatic rings. The fraction of sp³-hybridized carbons (Fsp3) is 0.129.